The monoisotopic (exact) mass is 258 g/mol. The Bertz CT molecular complexity index is 384. The van der Waals surface area contributed by atoms with Gasteiger partial charge in [0, 0.05) is 5.56 Å². The van der Waals surface area contributed by atoms with Crippen LogP contribution in [0.1, 0.15) is 19.4 Å². The van der Waals surface area contributed by atoms with Gasteiger partial charge in [-0.05, 0) is 13.8 Å². The van der Waals surface area contributed by atoms with Gasteiger partial charge in [0.05, 0.1) is 13.1 Å². The summed E-state index contributed by atoms with van der Waals surface area (Å²) in [6.07, 6.45) is -0.0884. The second kappa shape index (κ2) is 5.78. The van der Waals surface area contributed by atoms with Crippen molar-refractivity contribution in [3.05, 3.63) is 35.9 Å². The minimum atomic E-state index is -3.99. The molecule has 0 heterocycles. The maximum Gasteiger partial charge on any atom is 0.379 e. The van der Waals surface area contributed by atoms with Gasteiger partial charge >= 0.3 is 7.60 Å². The normalized spacial score (nSPS) is 12.7. The quantitative estimate of drug-likeness (QED) is 0.607. The molecule has 0 amide bonds. The van der Waals surface area contributed by atoms with Crippen LogP contribution in [0.25, 0.3) is 0 Å². The summed E-state index contributed by atoms with van der Waals surface area (Å²) in [6.45, 7) is 6.05. The number of hydrogen-bond donors (Lipinski definition) is 2. The van der Waals surface area contributed by atoms with E-state index in [0.29, 0.717) is 11.0 Å². The molecule has 0 aliphatic carbocycles. The summed E-state index contributed by atoms with van der Waals surface area (Å²) in [5.41, 5.74) is 1.12. The van der Waals surface area contributed by atoms with Crippen LogP contribution in [0.15, 0.2) is 30.3 Å². The summed E-state index contributed by atoms with van der Waals surface area (Å²) in [5.74, 6) is 0. The Hall–Kier alpha value is -0.670. The van der Waals surface area contributed by atoms with Crippen molar-refractivity contribution in [2.24, 2.45) is 0 Å². The van der Waals surface area contributed by atoms with Gasteiger partial charge in [-0.15, -0.1) is 0 Å². The van der Waals surface area contributed by atoms with Crippen molar-refractivity contribution in [1.82, 2.24) is 0 Å². The molecule has 0 spiro atoms. The maximum absolute atomic E-state index is 11.2. The summed E-state index contributed by atoms with van der Waals surface area (Å²) >= 11 is 0. The smallest absolute Gasteiger partial charge is 0.321 e. The molecule has 2 N–H and O–H groups in total. The Labute approximate surface area is 103 Å². The van der Waals surface area contributed by atoms with Gasteiger partial charge in [-0.25, -0.2) is 0 Å². The Morgan fingerprint density at radius 2 is 1.65 bits per heavy atom. The molecule has 0 bridgehead atoms. The lowest BCUT2D eigenvalue weighted by Gasteiger charge is -2.36. The zero-order chi connectivity index (χ0) is 12.9. The van der Waals surface area contributed by atoms with Crippen LogP contribution in [0.2, 0.25) is 0 Å². The van der Waals surface area contributed by atoms with Gasteiger partial charge in [0.1, 0.15) is 6.54 Å². The molecule has 17 heavy (non-hydrogen) atoms. The summed E-state index contributed by atoms with van der Waals surface area (Å²) in [4.78, 5) is 18.4. The lowest BCUT2D eigenvalue weighted by Crippen LogP contribution is -2.47. The Morgan fingerprint density at radius 1 is 1.12 bits per heavy atom. The lowest BCUT2D eigenvalue weighted by molar-refractivity contribution is -0.928. The van der Waals surface area contributed by atoms with Crippen LogP contribution in [0.3, 0.4) is 0 Å². The number of quaternary nitrogens is 1. The third kappa shape index (κ3) is 4.60. The zero-order valence-corrected chi connectivity index (χ0v) is 11.3. The average Bonchev–Trinajstić information content (AvgIpc) is 2.27. The van der Waals surface area contributed by atoms with E-state index in [2.05, 4.69) is 0 Å². The molecule has 1 rings (SSSR count). The van der Waals surface area contributed by atoms with E-state index in [0.717, 1.165) is 18.7 Å². The molecule has 5 heteroatoms. The van der Waals surface area contributed by atoms with Gasteiger partial charge in [0.25, 0.3) is 0 Å². The molecule has 0 fully saturated rings. The fraction of sp³-hybridized carbons (Fsp3) is 0.500. The molecule has 96 valence electrons. The van der Waals surface area contributed by atoms with Crippen LogP contribution in [-0.4, -0.2) is 33.6 Å². The summed E-state index contributed by atoms with van der Waals surface area (Å²) in [5, 5.41) is 0. The highest BCUT2D eigenvalue weighted by atomic mass is 31.2. The van der Waals surface area contributed by atoms with Gasteiger partial charge < -0.3 is 14.3 Å². The van der Waals surface area contributed by atoms with E-state index < -0.39 is 7.60 Å². The molecule has 0 unspecified atom stereocenters. The summed E-state index contributed by atoms with van der Waals surface area (Å²) in [7, 11) is -3.99. The molecular formula is C12H21NO3P+. The van der Waals surface area contributed by atoms with Crippen molar-refractivity contribution in [2.75, 3.05) is 19.4 Å². The SMILES string of the molecule is CC[N+](CC)(Cc1ccccc1)CP(=O)(O)O. The highest BCUT2D eigenvalue weighted by Gasteiger charge is 2.32. The molecule has 0 aromatic heterocycles. The first kappa shape index (κ1) is 14.4. The van der Waals surface area contributed by atoms with E-state index in [1.54, 1.807) is 0 Å². The van der Waals surface area contributed by atoms with Crippen molar-refractivity contribution in [1.29, 1.82) is 0 Å². The molecule has 0 saturated heterocycles. The number of hydrogen-bond acceptors (Lipinski definition) is 1. The van der Waals surface area contributed by atoms with E-state index in [4.69, 9.17) is 0 Å². The lowest BCUT2D eigenvalue weighted by atomic mass is 10.2. The van der Waals surface area contributed by atoms with E-state index in [9.17, 15) is 14.4 Å². The van der Waals surface area contributed by atoms with Crippen molar-refractivity contribution >= 4 is 7.60 Å². The number of nitrogens with zero attached hydrogens (tertiary/aromatic N) is 1. The van der Waals surface area contributed by atoms with Crippen LogP contribution >= 0.6 is 7.60 Å². The summed E-state index contributed by atoms with van der Waals surface area (Å²) < 4.78 is 11.7. The fourth-order valence-electron chi connectivity index (χ4n) is 2.06. The van der Waals surface area contributed by atoms with Gasteiger partial charge in [-0.1, -0.05) is 30.3 Å². The maximum atomic E-state index is 11.2. The topological polar surface area (TPSA) is 57.5 Å². The number of rotatable bonds is 6. The predicted octanol–water partition coefficient (Wildman–Crippen LogP) is 2.18. The van der Waals surface area contributed by atoms with Gasteiger partial charge in [-0.3, -0.25) is 4.57 Å². The molecule has 0 atom stereocenters. The van der Waals surface area contributed by atoms with Gasteiger partial charge in [0.15, 0.2) is 6.29 Å². The van der Waals surface area contributed by atoms with Crippen molar-refractivity contribution in [3.8, 4) is 0 Å². The van der Waals surface area contributed by atoms with Crippen LogP contribution in [0.5, 0.6) is 0 Å². The first-order chi connectivity index (χ1) is 7.91. The first-order valence-electron chi connectivity index (χ1n) is 5.84. The molecule has 1 aromatic rings. The Balaban J connectivity index is 2.89. The van der Waals surface area contributed by atoms with E-state index in [1.165, 1.54) is 0 Å². The van der Waals surface area contributed by atoms with E-state index in [-0.39, 0.29) is 6.29 Å². The molecular weight excluding hydrogens is 237 g/mol. The highest BCUT2D eigenvalue weighted by molar-refractivity contribution is 7.51. The molecule has 1 aromatic carbocycles. The standard InChI is InChI=1S/C12H20NO3P/c1-3-13(4-2,11-17(14,15)16)10-12-8-6-5-7-9-12/h5-9H,3-4,10-11H2,1-2H3,(H-,14,15,16)/p+1. The fourth-order valence-corrected chi connectivity index (χ4v) is 3.34. The molecule has 0 aliphatic heterocycles. The third-order valence-corrected chi connectivity index (χ3v) is 4.16. The highest BCUT2D eigenvalue weighted by Crippen LogP contribution is 2.39. The number of benzene rings is 1. The van der Waals surface area contributed by atoms with Crippen LogP contribution in [0.4, 0.5) is 0 Å². The van der Waals surface area contributed by atoms with Crippen LogP contribution < -0.4 is 0 Å². The second-order valence-corrected chi connectivity index (χ2v) is 6.04. The van der Waals surface area contributed by atoms with E-state index >= 15 is 0 Å². The van der Waals surface area contributed by atoms with Crippen LogP contribution in [-0.2, 0) is 11.1 Å². The second-order valence-electron chi connectivity index (χ2n) is 4.42. The minimum Gasteiger partial charge on any atom is -0.321 e. The Kier molecular flexibility index (Phi) is 4.90. The molecule has 0 saturated carbocycles. The van der Waals surface area contributed by atoms with Gasteiger partial charge in [0.2, 0.25) is 0 Å². The van der Waals surface area contributed by atoms with Crippen molar-refractivity contribution < 1.29 is 18.8 Å². The molecule has 0 radical (unpaired) electrons. The average molecular weight is 258 g/mol. The minimum absolute atomic E-state index is 0.0884. The largest absolute Gasteiger partial charge is 0.379 e. The molecule has 0 aliphatic rings. The third-order valence-electron chi connectivity index (χ3n) is 3.19. The van der Waals surface area contributed by atoms with Crippen molar-refractivity contribution in [3.63, 3.8) is 0 Å². The predicted molar refractivity (Wildman–Crippen MR) is 68.4 cm³/mol. The zero-order valence-electron chi connectivity index (χ0n) is 10.4. The Morgan fingerprint density at radius 3 is 2.06 bits per heavy atom. The van der Waals surface area contributed by atoms with E-state index in [1.807, 2.05) is 44.2 Å². The summed E-state index contributed by atoms with van der Waals surface area (Å²) in [6, 6.07) is 9.84. The molecule has 4 nitrogen and oxygen atoms in total. The first-order valence-corrected chi connectivity index (χ1v) is 7.64. The van der Waals surface area contributed by atoms with Crippen molar-refractivity contribution in [2.45, 2.75) is 20.4 Å². The van der Waals surface area contributed by atoms with Crippen LogP contribution in [0, 0.1) is 0 Å². The van der Waals surface area contributed by atoms with Gasteiger partial charge in [-0.2, -0.15) is 0 Å².